The summed E-state index contributed by atoms with van der Waals surface area (Å²) in [4.78, 5) is 19.8. The number of amides is 1. The molecule has 208 valence electrons. The van der Waals surface area contributed by atoms with Gasteiger partial charge in [-0.25, -0.2) is 9.78 Å². The molecule has 9 heteroatoms. The zero-order chi connectivity index (χ0) is 26.9. The van der Waals surface area contributed by atoms with Crippen molar-refractivity contribution >= 4 is 22.8 Å². The summed E-state index contributed by atoms with van der Waals surface area (Å²) in [5, 5.41) is 14.0. The Hall–Kier alpha value is -3.10. The van der Waals surface area contributed by atoms with Gasteiger partial charge in [0.1, 0.15) is 5.60 Å². The fraction of sp³-hybridized carbons (Fsp3) is 0.667. The molecule has 3 aromatic rings. The number of aromatic nitrogens is 5. The summed E-state index contributed by atoms with van der Waals surface area (Å²) in [6.07, 6.45) is 11.5. The van der Waals surface area contributed by atoms with Crippen molar-refractivity contribution in [1.29, 1.82) is 0 Å². The maximum Gasteiger partial charge on any atom is 0.408 e. The number of rotatable bonds is 5. The van der Waals surface area contributed by atoms with Gasteiger partial charge in [0.25, 0.3) is 0 Å². The molecule has 1 aliphatic heterocycles. The van der Waals surface area contributed by atoms with Crippen LogP contribution in [0.4, 0.5) is 10.5 Å². The third kappa shape index (κ3) is 4.47. The third-order valence-corrected chi connectivity index (χ3v) is 10.1. The molecule has 39 heavy (non-hydrogen) atoms. The maximum absolute atomic E-state index is 12.7. The average molecular weight is 532 g/mol. The number of hydrogen-bond donors (Lipinski definition) is 1. The molecule has 3 fully saturated rings. The molecule has 2 bridgehead atoms. The van der Waals surface area contributed by atoms with Gasteiger partial charge >= 0.3 is 6.09 Å². The second-order valence-corrected chi connectivity index (χ2v) is 13.1. The number of anilines is 1. The van der Waals surface area contributed by atoms with Crippen LogP contribution in [0.2, 0.25) is 0 Å². The van der Waals surface area contributed by atoms with Crippen LogP contribution in [0.3, 0.4) is 0 Å². The van der Waals surface area contributed by atoms with Crippen molar-refractivity contribution in [3.63, 3.8) is 0 Å². The SMILES string of the molecule is Cc1cc(N2CCc3c(c(C)nn3CC3CCC4(NC(=O)OC5(C)CC5)CCCC3C4)C2)c2cnn(C)c2n1. The zero-order valence-electron chi connectivity index (χ0n) is 23.8. The smallest absolute Gasteiger partial charge is 0.408 e. The lowest BCUT2D eigenvalue weighted by Gasteiger charge is -2.49. The van der Waals surface area contributed by atoms with Gasteiger partial charge in [0.15, 0.2) is 5.65 Å². The van der Waals surface area contributed by atoms with E-state index in [0.29, 0.717) is 11.8 Å². The normalized spacial score (nSPS) is 27.3. The molecule has 3 unspecified atom stereocenters. The lowest BCUT2D eigenvalue weighted by Crippen LogP contribution is -2.55. The van der Waals surface area contributed by atoms with Gasteiger partial charge in [0.2, 0.25) is 0 Å². The summed E-state index contributed by atoms with van der Waals surface area (Å²) in [5.74, 6) is 1.24. The number of nitrogens with one attached hydrogen (secondary N) is 1. The summed E-state index contributed by atoms with van der Waals surface area (Å²) < 4.78 is 9.92. The van der Waals surface area contributed by atoms with Crippen molar-refractivity contribution in [2.45, 2.75) is 103 Å². The fourth-order valence-corrected chi connectivity index (χ4v) is 7.62. The Bertz CT molecular complexity index is 1440. The minimum absolute atomic E-state index is 0.0813. The third-order valence-electron chi connectivity index (χ3n) is 10.1. The quantitative estimate of drug-likeness (QED) is 0.500. The first-order valence-electron chi connectivity index (χ1n) is 14.8. The van der Waals surface area contributed by atoms with Crippen molar-refractivity contribution in [2.24, 2.45) is 18.9 Å². The number of aryl methyl sites for hydroxylation is 3. The first kappa shape index (κ1) is 24.9. The first-order valence-corrected chi connectivity index (χ1v) is 14.8. The molecule has 0 spiro atoms. The highest BCUT2D eigenvalue weighted by atomic mass is 16.6. The van der Waals surface area contributed by atoms with E-state index in [1.165, 1.54) is 29.8 Å². The Morgan fingerprint density at radius 3 is 2.87 bits per heavy atom. The molecule has 7 rings (SSSR count). The van der Waals surface area contributed by atoms with Crippen molar-refractivity contribution < 1.29 is 9.53 Å². The van der Waals surface area contributed by atoms with Crippen LogP contribution in [0.15, 0.2) is 12.3 Å². The van der Waals surface area contributed by atoms with E-state index >= 15 is 0 Å². The van der Waals surface area contributed by atoms with E-state index in [-0.39, 0.29) is 17.2 Å². The molecular weight excluding hydrogens is 490 g/mol. The number of pyridine rings is 1. The van der Waals surface area contributed by atoms with E-state index in [1.54, 1.807) is 0 Å². The summed E-state index contributed by atoms with van der Waals surface area (Å²) in [7, 11) is 1.96. The van der Waals surface area contributed by atoms with Gasteiger partial charge in [-0.05, 0) is 83.6 Å². The van der Waals surface area contributed by atoms with Gasteiger partial charge in [-0.1, -0.05) is 6.42 Å². The van der Waals surface area contributed by atoms with Gasteiger partial charge in [-0.2, -0.15) is 10.2 Å². The van der Waals surface area contributed by atoms with Crippen LogP contribution in [0.25, 0.3) is 11.0 Å². The Labute approximate surface area is 230 Å². The number of alkyl carbamates (subject to hydrolysis) is 1. The first-order chi connectivity index (χ1) is 18.7. The Balaban J connectivity index is 1.06. The largest absolute Gasteiger partial charge is 0.443 e. The molecule has 1 N–H and O–H groups in total. The second-order valence-electron chi connectivity index (χ2n) is 13.1. The molecule has 9 nitrogen and oxygen atoms in total. The number of ether oxygens (including phenoxy) is 1. The standard InChI is InChI=1S/C30H41N7O2/c1-19-14-26(23-16-31-35(4)27(23)32-19)36-13-8-25-24(18-36)20(2)34-37(25)17-22-7-10-30(9-5-6-21(22)15-30)33-28(38)39-29(3)11-12-29/h14,16,21-22H,5-13,15,17-18H2,1-4H3,(H,33,38). The van der Waals surface area contributed by atoms with E-state index in [4.69, 9.17) is 14.8 Å². The van der Waals surface area contributed by atoms with Crippen LogP contribution in [-0.2, 0) is 31.3 Å². The van der Waals surface area contributed by atoms with Crippen LogP contribution in [-0.4, -0.2) is 48.3 Å². The molecule has 4 aliphatic rings. The number of nitrogens with zero attached hydrogens (tertiary/aromatic N) is 6. The maximum atomic E-state index is 12.7. The Morgan fingerprint density at radius 2 is 2.05 bits per heavy atom. The van der Waals surface area contributed by atoms with Crippen LogP contribution in [0, 0.1) is 25.7 Å². The molecular formula is C30H41N7O2. The summed E-state index contributed by atoms with van der Waals surface area (Å²) in [6, 6.07) is 2.20. The summed E-state index contributed by atoms with van der Waals surface area (Å²) in [5.41, 5.74) is 6.80. The summed E-state index contributed by atoms with van der Waals surface area (Å²) >= 11 is 0. The number of fused-ring (bicyclic) bond motifs is 4. The minimum atomic E-state index is -0.223. The number of carbonyl (C=O) groups excluding carboxylic acids is 1. The molecule has 4 heterocycles. The van der Waals surface area contributed by atoms with Gasteiger partial charge in [-0.3, -0.25) is 9.36 Å². The van der Waals surface area contributed by atoms with E-state index in [9.17, 15) is 4.79 Å². The highest BCUT2D eigenvalue weighted by molar-refractivity contribution is 5.89. The highest BCUT2D eigenvalue weighted by Crippen LogP contribution is 2.47. The van der Waals surface area contributed by atoms with E-state index < -0.39 is 0 Å². The molecule has 0 radical (unpaired) electrons. The minimum Gasteiger partial charge on any atom is -0.443 e. The van der Waals surface area contributed by atoms with Gasteiger partial charge in [0, 0.05) is 55.6 Å². The zero-order valence-corrected chi connectivity index (χ0v) is 23.8. The van der Waals surface area contributed by atoms with E-state index in [0.717, 1.165) is 87.0 Å². The topological polar surface area (TPSA) is 90.1 Å². The van der Waals surface area contributed by atoms with Crippen LogP contribution >= 0.6 is 0 Å². The molecule has 3 atom stereocenters. The fourth-order valence-electron chi connectivity index (χ4n) is 7.62. The highest BCUT2D eigenvalue weighted by Gasteiger charge is 2.47. The number of carbonyl (C=O) groups is 1. The van der Waals surface area contributed by atoms with Crippen molar-refractivity contribution in [2.75, 3.05) is 11.4 Å². The lowest BCUT2D eigenvalue weighted by atomic mass is 9.62. The van der Waals surface area contributed by atoms with Crippen LogP contribution < -0.4 is 10.2 Å². The molecule has 3 aromatic heterocycles. The lowest BCUT2D eigenvalue weighted by molar-refractivity contribution is 0.0392. The molecule has 3 saturated carbocycles. The average Bonchev–Trinajstić information content (AvgIpc) is 3.38. The van der Waals surface area contributed by atoms with Crippen molar-refractivity contribution in [1.82, 2.24) is 29.9 Å². The van der Waals surface area contributed by atoms with Crippen LogP contribution in [0.1, 0.15) is 80.9 Å². The summed E-state index contributed by atoms with van der Waals surface area (Å²) in [6.45, 7) is 9.09. The monoisotopic (exact) mass is 531 g/mol. The van der Waals surface area contributed by atoms with Crippen LogP contribution in [0.5, 0.6) is 0 Å². The van der Waals surface area contributed by atoms with Crippen molar-refractivity contribution in [3.05, 3.63) is 34.9 Å². The van der Waals surface area contributed by atoms with E-state index in [2.05, 4.69) is 39.9 Å². The van der Waals surface area contributed by atoms with E-state index in [1.807, 2.05) is 24.9 Å². The Morgan fingerprint density at radius 1 is 1.21 bits per heavy atom. The molecule has 3 aliphatic carbocycles. The van der Waals surface area contributed by atoms with Crippen molar-refractivity contribution in [3.8, 4) is 0 Å². The van der Waals surface area contributed by atoms with Gasteiger partial charge < -0.3 is 15.0 Å². The molecule has 0 aromatic carbocycles. The Kier molecular flexibility index (Phi) is 5.72. The van der Waals surface area contributed by atoms with Gasteiger partial charge in [-0.15, -0.1) is 0 Å². The second kappa shape index (κ2) is 8.96. The predicted octanol–water partition coefficient (Wildman–Crippen LogP) is 4.96. The number of hydrogen-bond acceptors (Lipinski definition) is 6. The predicted molar refractivity (Wildman–Crippen MR) is 150 cm³/mol. The van der Waals surface area contributed by atoms with Gasteiger partial charge in [0.05, 0.1) is 23.0 Å². The molecule has 0 saturated heterocycles. The molecule has 1 amide bonds.